The summed E-state index contributed by atoms with van der Waals surface area (Å²) in [7, 11) is 0. The molecule has 0 N–H and O–H groups in total. The van der Waals surface area contributed by atoms with Crippen molar-refractivity contribution in [2.45, 2.75) is 285 Å². The van der Waals surface area contributed by atoms with Crippen LogP contribution < -0.4 is 0 Å². The van der Waals surface area contributed by atoms with E-state index in [1.807, 2.05) is 55.4 Å². The lowest BCUT2D eigenvalue weighted by molar-refractivity contribution is -0.0360. The fourth-order valence-electron chi connectivity index (χ4n) is 9.64. The van der Waals surface area contributed by atoms with Crippen molar-refractivity contribution in [2.24, 2.45) is 0 Å². The molecule has 1 unspecified atom stereocenters. The van der Waals surface area contributed by atoms with E-state index in [2.05, 4.69) is 202 Å². The average Bonchev–Trinajstić information content (AvgIpc) is 4.20. The van der Waals surface area contributed by atoms with Crippen LogP contribution in [0.1, 0.15) is 288 Å². The summed E-state index contributed by atoms with van der Waals surface area (Å²) in [6.45, 7) is 61.9. The fourth-order valence-corrected chi connectivity index (χ4v) is 9.64. The maximum Gasteiger partial charge on any atom is 0.0808 e. The largest absolute Gasteiger partial charge is 0.381 e. The molecule has 0 bridgehead atoms. The first-order valence-corrected chi connectivity index (χ1v) is 33.8. The molecule has 1 aromatic heterocycles. The van der Waals surface area contributed by atoms with E-state index in [4.69, 9.17) is 33.2 Å². The van der Waals surface area contributed by atoms with Crippen molar-refractivity contribution in [3.63, 3.8) is 0 Å². The number of rotatable bonds is 31. The predicted octanol–water partition coefficient (Wildman–Crippen LogP) is 22.2. The number of unbranched alkanes of at least 4 members (excludes halogenated alkanes) is 1. The molecule has 0 aliphatic heterocycles. The highest BCUT2D eigenvalue weighted by atomic mass is 16.5. The molecule has 0 saturated heterocycles. The molecule has 1 atom stereocenters. The van der Waals surface area contributed by atoms with Crippen LogP contribution in [0.4, 0.5) is 0 Å². The first-order valence-electron chi connectivity index (χ1n) is 33.8. The zero-order valence-electron chi connectivity index (χ0n) is 59.2. The first kappa shape index (κ1) is 80.4. The lowest BCUT2D eigenvalue weighted by Gasteiger charge is -2.19. The quantitative estimate of drug-likeness (QED) is 0.0410. The van der Waals surface area contributed by atoms with Gasteiger partial charge in [0.2, 0.25) is 0 Å². The number of hydrogen-bond donors (Lipinski definition) is 0. The number of nitrogens with zero attached hydrogens (tertiary/aromatic N) is 1. The van der Waals surface area contributed by atoms with Crippen molar-refractivity contribution in [1.82, 2.24) is 4.57 Å². The minimum atomic E-state index is 0.134. The zero-order valence-corrected chi connectivity index (χ0v) is 59.2. The summed E-state index contributed by atoms with van der Waals surface area (Å²) in [4.78, 5) is 0. The molecule has 8 heteroatoms. The number of benzene rings is 4. The van der Waals surface area contributed by atoms with Crippen LogP contribution in [0.25, 0.3) is 32.9 Å². The molecule has 482 valence electrons. The van der Waals surface area contributed by atoms with Gasteiger partial charge in [-0.15, -0.1) is 0 Å². The molecule has 84 heavy (non-hydrogen) atoms. The van der Waals surface area contributed by atoms with Gasteiger partial charge in [0.1, 0.15) is 0 Å². The molecule has 6 rings (SSSR count). The second kappa shape index (κ2) is 46.5. The van der Waals surface area contributed by atoms with Gasteiger partial charge in [0.15, 0.2) is 0 Å². The normalized spacial score (nSPS) is 12.2. The molecule has 0 saturated carbocycles. The molecule has 0 amide bonds. The maximum absolute atomic E-state index is 6.06. The van der Waals surface area contributed by atoms with Gasteiger partial charge in [-0.2, -0.15) is 0 Å². The molecule has 1 heterocycles. The van der Waals surface area contributed by atoms with E-state index in [1.165, 1.54) is 66.3 Å². The van der Waals surface area contributed by atoms with E-state index in [1.54, 1.807) is 0 Å². The highest BCUT2D eigenvalue weighted by Gasteiger charge is 2.30. The van der Waals surface area contributed by atoms with Crippen molar-refractivity contribution in [2.75, 3.05) is 59.5 Å². The summed E-state index contributed by atoms with van der Waals surface area (Å²) in [5.74, 6) is 2.59. The van der Waals surface area contributed by atoms with Crippen molar-refractivity contribution < 1.29 is 33.2 Å². The van der Waals surface area contributed by atoms with Crippen LogP contribution >= 0.6 is 0 Å². The fraction of sp³-hybridized carbons (Fsp3) is 0.684. The van der Waals surface area contributed by atoms with Gasteiger partial charge in [-0.1, -0.05) is 171 Å². The van der Waals surface area contributed by atoms with Crippen molar-refractivity contribution in [1.29, 1.82) is 0 Å². The summed E-state index contributed by atoms with van der Waals surface area (Å²) < 4.78 is 42.8. The SMILES string of the molecule is CC.CC.CC.CC.CC(C)OCC1c2cc(C(C)C)ccc2-c2ccc(C(C)C)cc21.CC(C)OCCCOCCCCC(COCCCOC(C)C)OCCCOC(C)C.CC(C)c1ccc2c3ccc(C(C)C)cc3n(C(C)C)c2c1. The molecule has 8 nitrogen and oxygen atoms in total. The number of ether oxygens (including phenoxy) is 7. The topological polar surface area (TPSA) is 69.5 Å². The molecule has 1 aliphatic carbocycles. The van der Waals surface area contributed by atoms with Crippen LogP contribution in [0.15, 0.2) is 72.8 Å². The molecular weight excluding hydrogens is 1040 g/mol. The predicted molar refractivity (Wildman–Crippen MR) is 369 cm³/mol. The Labute approximate surface area is 518 Å². The summed E-state index contributed by atoms with van der Waals surface area (Å²) in [6, 6.07) is 28.4. The lowest BCUT2D eigenvalue weighted by atomic mass is 9.92. The smallest absolute Gasteiger partial charge is 0.0808 e. The third kappa shape index (κ3) is 29.4. The zero-order chi connectivity index (χ0) is 63.9. The molecule has 4 aromatic carbocycles. The van der Waals surface area contributed by atoms with Gasteiger partial charge >= 0.3 is 0 Å². The number of fused-ring (bicyclic) bond motifs is 6. The maximum atomic E-state index is 6.06. The molecule has 0 fully saturated rings. The Morgan fingerprint density at radius 3 is 1.08 bits per heavy atom. The van der Waals surface area contributed by atoms with Crippen LogP contribution in [0.3, 0.4) is 0 Å². The summed E-state index contributed by atoms with van der Waals surface area (Å²) in [6.07, 6.45) is 7.15. The van der Waals surface area contributed by atoms with Crippen molar-refractivity contribution in [3.8, 4) is 11.1 Å². The van der Waals surface area contributed by atoms with Crippen molar-refractivity contribution in [3.05, 3.63) is 106 Å². The average molecular weight is 1170 g/mol. The van der Waals surface area contributed by atoms with E-state index < -0.39 is 0 Å². The first-order chi connectivity index (χ1) is 40.2. The molecule has 0 radical (unpaired) electrons. The number of aromatic nitrogens is 1. The molecule has 1 aliphatic rings. The minimum Gasteiger partial charge on any atom is -0.381 e. The summed E-state index contributed by atoms with van der Waals surface area (Å²) >= 11 is 0. The van der Waals surface area contributed by atoms with E-state index >= 15 is 0 Å². The molecular formula is C76H131NO7. The van der Waals surface area contributed by atoms with Gasteiger partial charge in [-0.05, 0) is 188 Å². The Kier molecular flexibility index (Phi) is 44.5. The van der Waals surface area contributed by atoms with Gasteiger partial charge in [0, 0.05) is 80.0 Å². The van der Waals surface area contributed by atoms with Gasteiger partial charge in [-0.25, -0.2) is 0 Å². The van der Waals surface area contributed by atoms with Gasteiger partial charge in [-0.3, -0.25) is 0 Å². The Balaban J connectivity index is 0.00000117. The van der Waals surface area contributed by atoms with Crippen molar-refractivity contribution >= 4 is 21.8 Å². The van der Waals surface area contributed by atoms with Crippen LogP contribution in [0, 0.1) is 0 Å². The van der Waals surface area contributed by atoms with E-state index in [0.717, 1.165) is 78.2 Å². The lowest BCUT2D eigenvalue weighted by Crippen LogP contribution is -2.22. The van der Waals surface area contributed by atoms with E-state index in [0.29, 0.717) is 61.6 Å². The Morgan fingerprint density at radius 1 is 0.357 bits per heavy atom. The van der Waals surface area contributed by atoms with Crippen LogP contribution in [0.5, 0.6) is 0 Å². The molecule has 5 aromatic rings. The highest BCUT2D eigenvalue weighted by Crippen LogP contribution is 2.47. The monoisotopic (exact) mass is 1170 g/mol. The summed E-state index contributed by atoms with van der Waals surface area (Å²) in [5, 5.41) is 2.76. The Hall–Kier alpha value is -3.60. The standard InChI is InChI=1S/C24H50O6.C23H30O.C21H27N.4C2H6/c1-21(2)27-16-9-14-25-13-8-7-12-24(30-19-11-18-29-23(5)6)20-26-15-10-17-28-22(3)4;1-14(2)17-7-9-19-20-10-8-18(15(3)4)12-22(20)23(21(19)11-17)13-24-16(5)6;1-13(2)16-7-9-18-19-10-8-17(14(3)4)12-21(19)22(15(5)6)20(18)11-16;4*1-2/h21-24H,7-20H2,1-6H3;7-12,14-16,23H,13H2,1-6H3;7-15H,1-6H3;4*1-2H3. The van der Waals surface area contributed by atoms with Gasteiger partial charge < -0.3 is 37.7 Å². The van der Waals surface area contributed by atoms with E-state index in [-0.39, 0.29) is 24.4 Å². The Morgan fingerprint density at radius 2 is 0.702 bits per heavy atom. The third-order valence-corrected chi connectivity index (χ3v) is 14.1. The van der Waals surface area contributed by atoms with Gasteiger partial charge in [0.05, 0.1) is 43.7 Å². The number of hydrogen-bond acceptors (Lipinski definition) is 7. The highest BCUT2D eigenvalue weighted by molar-refractivity contribution is 6.08. The second-order valence-electron chi connectivity index (χ2n) is 23.8. The third-order valence-electron chi connectivity index (χ3n) is 14.1. The Bertz CT molecular complexity index is 2270. The van der Waals surface area contributed by atoms with Gasteiger partial charge in [0.25, 0.3) is 0 Å². The van der Waals surface area contributed by atoms with E-state index in [9.17, 15) is 0 Å². The summed E-state index contributed by atoms with van der Waals surface area (Å²) in [5.41, 5.74) is 14.1. The van der Waals surface area contributed by atoms with Crippen LogP contribution in [-0.2, 0) is 33.2 Å². The second-order valence-corrected chi connectivity index (χ2v) is 23.8. The minimum absolute atomic E-state index is 0.134. The van der Waals surface area contributed by atoms with Crippen LogP contribution in [0.2, 0.25) is 0 Å². The molecule has 0 spiro atoms. The van der Waals surface area contributed by atoms with Crippen LogP contribution in [-0.4, -0.2) is 94.5 Å².